The van der Waals surface area contributed by atoms with E-state index < -0.39 is 0 Å². The van der Waals surface area contributed by atoms with Gasteiger partial charge in [-0.2, -0.15) is 0 Å². The van der Waals surface area contributed by atoms with Gasteiger partial charge in [0, 0.05) is 5.57 Å². The van der Waals surface area contributed by atoms with Gasteiger partial charge in [-0.1, -0.05) is 51.3 Å². The van der Waals surface area contributed by atoms with Crippen molar-refractivity contribution in [2.24, 2.45) is 5.92 Å². The van der Waals surface area contributed by atoms with Gasteiger partial charge in [-0.3, -0.25) is 0 Å². The Bertz CT molecular complexity index is 531. The van der Waals surface area contributed by atoms with Crippen molar-refractivity contribution in [3.8, 4) is 5.75 Å². The second-order valence-electron chi connectivity index (χ2n) is 6.45. The first-order valence-electron chi connectivity index (χ1n) is 8.81. The Labute approximate surface area is 154 Å². The molecule has 1 aliphatic heterocycles. The average molecular weight is 365 g/mol. The van der Waals surface area contributed by atoms with Crippen LogP contribution in [0.4, 0.5) is 0 Å². The summed E-state index contributed by atoms with van der Waals surface area (Å²) in [5.41, 5.74) is 1.73. The first-order valence-corrected chi connectivity index (χ1v) is 10.9. The molecular weight excluding hydrogens is 336 g/mol. The molecule has 0 spiro atoms. The van der Waals surface area contributed by atoms with Crippen molar-refractivity contribution in [3.05, 3.63) is 42.0 Å². The summed E-state index contributed by atoms with van der Waals surface area (Å²) in [5.74, 6) is 3.61. The molecule has 0 aromatic heterocycles. The summed E-state index contributed by atoms with van der Waals surface area (Å²) >= 11 is 4.11. The molecule has 1 aromatic rings. The lowest BCUT2D eigenvalue weighted by Gasteiger charge is -2.28. The molecule has 1 fully saturated rings. The molecule has 0 N–H and O–H groups in total. The summed E-state index contributed by atoms with van der Waals surface area (Å²) in [6.45, 7) is 7.52. The molecule has 1 aliphatic rings. The minimum absolute atomic E-state index is 0.366. The number of unbranched alkanes of at least 4 members (excludes halogenated alkanes) is 3. The van der Waals surface area contributed by atoms with E-state index in [4.69, 9.17) is 4.74 Å². The summed E-state index contributed by atoms with van der Waals surface area (Å²) in [7, 11) is 0. The SMILES string of the molecule is C=C(C)C(=O)Oc1ccc(C2SCC(CCCCCC)CS2)cc1. The van der Waals surface area contributed by atoms with Crippen molar-refractivity contribution >= 4 is 29.5 Å². The standard InChI is InChI=1S/C20H28O2S2/c1-4-5-6-7-8-16-13-23-20(24-14-16)17-9-11-18(12-10-17)22-19(21)15(2)3/h9-12,16,20H,2,4-8,13-14H2,1,3H3. The number of thioether (sulfide) groups is 2. The number of esters is 1. The molecule has 2 rings (SSSR count). The molecule has 2 nitrogen and oxygen atoms in total. The van der Waals surface area contributed by atoms with Crippen LogP contribution in [0.15, 0.2) is 36.4 Å². The van der Waals surface area contributed by atoms with E-state index in [2.05, 4.69) is 49.2 Å². The van der Waals surface area contributed by atoms with Crippen LogP contribution in [0.3, 0.4) is 0 Å². The summed E-state index contributed by atoms with van der Waals surface area (Å²) in [6.07, 6.45) is 6.83. The minimum Gasteiger partial charge on any atom is -0.423 e. The highest BCUT2D eigenvalue weighted by atomic mass is 32.2. The van der Waals surface area contributed by atoms with Gasteiger partial charge in [-0.15, -0.1) is 23.5 Å². The maximum Gasteiger partial charge on any atom is 0.338 e. The largest absolute Gasteiger partial charge is 0.423 e. The zero-order chi connectivity index (χ0) is 17.4. The van der Waals surface area contributed by atoms with E-state index in [0.717, 1.165) is 5.92 Å². The lowest BCUT2D eigenvalue weighted by Crippen LogP contribution is -2.14. The summed E-state index contributed by atoms with van der Waals surface area (Å²) in [6, 6.07) is 7.92. The number of ether oxygens (including phenoxy) is 1. The van der Waals surface area contributed by atoms with Crippen molar-refractivity contribution in [3.63, 3.8) is 0 Å². The van der Waals surface area contributed by atoms with E-state index in [1.54, 1.807) is 6.92 Å². The van der Waals surface area contributed by atoms with Gasteiger partial charge in [0.2, 0.25) is 0 Å². The second kappa shape index (κ2) is 10.2. The Hall–Kier alpha value is -0.870. The van der Waals surface area contributed by atoms with Crippen molar-refractivity contribution in [2.75, 3.05) is 11.5 Å². The maximum absolute atomic E-state index is 11.5. The molecule has 4 heteroatoms. The molecule has 1 aromatic carbocycles. The highest BCUT2D eigenvalue weighted by Gasteiger charge is 2.23. The zero-order valence-corrected chi connectivity index (χ0v) is 16.4. The lowest BCUT2D eigenvalue weighted by atomic mass is 10.0. The van der Waals surface area contributed by atoms with Crippen molar-refractivity contribution in [2.45, 2.75) is 50.5 Å². The summed E-state index contributed by atoms with van der Waals surface area (Å²) in [4.78, 5) is 11.5. The maximum atomic E-state index is 11.5. The van der Waals surface area contributed by atoms with E-state index >= 15 is 0 Å². The van der Waals surface area contributed by atoms with E-state index in [9.17, 15) is 4.79 Å². The molecule has 0 radical (unpaired) electrons. The van der Waals surface area contributed by atoms with Gasteiger partial charge in [0.1, 0.15) is 5.75 Å². The fourth-order valence-electron chi connectivity index (χ4n) is 2.65. The van der Waals surface area contributed by atoms with Crippen LogP contribution in [-0.4, -0.2) is 17.5 Å². The molecule has 0 unspecified atom stereocenters. The minimum atomic E-state index is -0.366. The van der Waals surface area contributed by atoms with Crippen molar-refractivity contribution in [1.82, 2.24) is 0 Å². The Balaban J connectivity index is 1.77. The molecule has 0 amide bonds. The van der Waals surface area contributed by atoms with Crippen molar-refractivity contribution in [1.29, 1.82) is 0 Å². The third kappa shape index (κ3) is 6.21. The molecular formula is C20H28O2S2. The molecule has 0 aliphatic carbocycles. The van der Waals surface area contributed by atoms with E-state index in [0.29, 0.717) is 15.9 Å². The topological polar surface area (TPSA) is 26.3 Å². The Morgan fingerprint density at radius 2 is 1.83 bits per heavy atom. The number of benzene rings is 1. The smallest absolute Gasteiger partial charge is 0.338 e. The first kappa shape index (κ1) is 19.5. The molecule has 24 heavy (non-hydrogen) atoms. The number of carbonyl (C=O) groups excluding carboxylic acids is 1. The van der Waals surface area contributed by atoms with Crippen LogP contribution in [0.2, 0.25) is 0 Å². The van der Waals surface area contributed by atoms with Gasteiger partial charge in [0.05, 0.1) is 4.58 Å². The fraction of sp³-hybridized carbons (Fsp3) is 0.550. The van der Waals surface area contributed by atoms with Crippen LogP contribution < -0.4 is 4.74 Å². The van der Waals surface area contributed by atoms with Gasteiger partial charge < -0.3 is 4.74 Å². The predicted octanol–water partition coefficient (Wildman–Crippen LogP) is 6.23. The third-order valence-corrected chi connectivity index (χ3v) is 7.44. The normalized spacial score (nSPS) is 20.6. The molecule has 1 saturated heterocycles. The number of hydrogen-bond acceptors (Lipinski definition) is 4. The molecule has 1 heterocycles. The number of rotatable bonds is 8. The molecule has 0 atom stereocenters. The molecule has 0 bridgehead atoms. The van der Waals surface area contributed by atoms with Gasteiger partial charge in [0.15, 0.2) is 0 Å². The zero-order valence-electron chi connectivity index (χ0n) is 14.8. The quantitative estimate of drug-likeness (QED) is 0.236. The predicted molar refractivity (Wildman–Crippen MR) is 107 cm³/mol. The number of hydrogen-bond donors (Lipinski definition) is 0. The summed E-state index contributed by atoms with van der Waals surface area (Å²) in [5, 5.41) is 0. The van der Waals surface area contributed by atoms with Crippen LogP contribution in [-0.2, 0) is 4.79 Å². The highest BCUT2D eigenvalue weighted by molar-refractivity contribution is 8.16. The number of carbonyl (C=O) groups is 1. The van der Waals surface area contributed by atoms with Gasteiger partial charge in [0.25, 0.3) is 0 Å². The third-order valence-electron chi connectivity index (χ3n) is 4.14. The van der Waals surface area contributed by atoms with E-state index in [1.807, 2.05) is 12.1 Å². The monoisotopic (exact) mass is 364 g/mol. The van der Waals surface area contributed by atoms with Crippen molar-refractivity contribution < 1.29 is 9.53 Å². The average Bonchev–Trinajstić information content (AvgIpc) is 2.60. The van der Waals surface area contributed by atoms with E-state index in [-0.39, 0.29) is 5.97 Å². The summed E-state index contributed by atoms with van der Waals surface area (Å²) < 4.78 is 5.75. The van der Waals surface area contributed by atoms with Gasteiger partial charge in [-0.25, -0.2) is 4.79 Å². The van der Waals surface area contributed by atoms with Crippen LogP contribution in [0, 0.1) is 5.92 Å². The fourth-order valence-corrected chi connectivity index (χ4v) is 5.82. The van der Waals surface area contributed by atoms with Gasteiger partial charge >= 0.3 is 5.97 Å². The van der Waals surface area contributed by atoms with Crippen LogP contribution >= 0.6 is 23.5 Å². The first-order chi connectivity index (χ1) is 11.6. The van der Waals surface area contributed by atoms with Crippen LogP contribution in [0.1, 0.15) is 56.1 Å². The van der Waals surface area contributed by atoms with Crippen LogP contribution in [0.5, 0.6) is 5.75 Å². The Morgan fingerprint density at radius 1 is 1.17 bits per heavy atom. The Morgan fingerprint density at radius 3 is 2.42 bits per heavy atom. The Kier molecular flexibility index (Phi) is 8.26. The molecule has 132 valence electrons. The van der Waals surface area contributed by atoms with E-state index in [1.165, 1.54) is 49.2 Å². The molecule has 0 saturated carbocycles. The second-order valence-corrected chi connectivity index (χ2v) is 9.03. The lowest BCUT2D eigenvalue weighted by molar-refractivity contribution is -0.130. The van der Waals surface area contributed by atoms with Gasteiger partial charge in [-0.05, 0) is 48.5 Å². The highest BCUT2D eigenvalue weighted by Crippen LogP contribution is 2.46. The van der Waals surface area contributed by atoms with Crippen LogP contribution in [0.25, 0.3) is 0 Å².